The fourth-order valence-electron chi connectivity index (χ4n) is 3.62. The van der Waals surface area contributed by atoms with Crippen LogP contribution in [0.2, 0.25) is 0 Å². The Bertz CT molecular complexity index is 360. The average molecular weight is 298 g/mol. The van der Waals surface area contributed by atoms with E-state index in [9.17, 15) is 4.79 Å². The Morgan fingerprint density at radius 1 is 1.29 bits per heavy atom. The zero-order valence-electron chi connectivity index (χ0n) is 12.8. The second-order valence-electron chi connectivity index (χ2n) is 6.14. The van der Waals surface area contributed by atoms with E-state index in [-0.39, 0.29) is 17.9 Å². The summed E-state index contributed by atoms with van der Waals surface area (Å²) in [4.78, 5) is 17.0. The number of carbonyl (C=O) groups excluding carboxylic acids is 1. The minimum atomic E-state index is 0.0680. The van der Waals surface area contributed by atoms with Crippen molar-refractivity contribution in [2.75, 3.05) is 59.7 Å². The summed E-state index contributed by atoms with van der Waals surface area (Å²) in [7, 11) is 1.73. The Kier molecular flexibility index (Phi) is 5.11. The van der Waals surface area contributed by atoms with Crippen LogP contribution in [0.15, 0.2) is 0 Å². The minimum Gasteiger partial charge on any atom is -0.383 e. The largest absolute Gasteiger partial charge is 0.383 e. The molecule has 3 fully saturated rings. The van der Waals surface area contributed by atoms with E-state index in [1.807, 2.05) is 4.90 Å². The Balaban J connectivity index is 1.60. The van der Waals surface area contributed by atoms with Crippen molar-refractivity contribution in [2.45, 2.75) is 25.0 Å². The lowest BCUT2D eigenvalue weighted by Crippen LogP contribution is -2.61. The molecule has 1 unspecified atom stereocenters. The fourth-order valence-corrected chi connectivity index (χ4v) is 3.62. The lowest BCUT2D eigenvalue weighted by Gasteiger charge is -2.47. The van der Waals surface area contributed by atoms with Crippen LogP contribution in [0.1, 0.15) is 12.8 Å². The van der Waals surface area contributed by atoms with Crippen molar-refractivity contribution in [2.24, 2.45) is 5.92 Å². The van der Waals surface area contributed by atoms with Gasteiger partial charge in [0, 0.05) is 39.9 Å². The van der Waals surface area contributed by atoms with Crippen LogP contribution < -0.4 is 0 Å². The van der Waals surface area contributed by atoms with E-state index >= 15 is 0 Å². The van der Waals surface area contributed by atoms with Crippen molar-refractivity contribution in [3.8, 4) is 0 Å². The van der Waals surface area contributed by atoms with Crippen LogP contribution in [0.4, 0.5) is 0 Å². The quantitative estimate of drug-likeness (QED) is 0.729. The third kappa shape index (κ3) is 3.39. The average Bonchev–Trinajstić information content (AvgIpc) is 3.06. The van der Waals surface area contributed by atoms with Gasteiger partial charge in [0.1, 0.15) is 0 Å². The molecule has 120 valence electrons. The van der Waals surface area contributed by atoms with Crippen molar-refractivity contribution in [3.05, 3.63) is 0 Å². The molecule has 3 rings (SSSR count). The number of hydrogen-bond acceptors (Lipinski definition) is 5. The lowest BCUT2D eigenvalue weighted by atomic mass is 9.96. The van der Waals surface area contributed by atoms with Crippen LogP contribution in [-0.4, -0.2) is 87.6 Å². The number of hydrogen-bond donors (Lipinski definition) is 0. The monoisotopic (exact) mass is 298 g/mol. The number of morpholine rings is 1. The van der Waals surface area contributed by atoms with Crippen molar-refractivity contribution in [3.63, 3.8) is 0 Å². The standard InChI is InChI=1S/C15H26N2O4/c1-19-8-5-16-6-9-21-14-2-4-17(10-13(14)16)15(18)12-3-7-20-11-12/h12-14H,2-11H2,1H3/t12?,13-,14-/m0/s1. The topological polar surface area (TPSA) is 51.2 Å². The maximum Gasteiger partial charge on any atom is 0.228 e. The SMILES string of the molecule is COCCN1CCO[C@H]2CCN(C(=O)C3CCOC3)C[C@@H]21. The second kappa shape index (κ2) is 7.05. The Hall–Kier alpha value is -0.690. The molecule has 3 aliphatic heterocycles. The van der Waals surface area contributed by atoms with E-state index in [1.165, 1.54) is 0 Å². The molecule has 0 aliphatic carbocycles. The van der Waals surface area contributed by atoms with Crippen molar-refractivity contribution >= 4 is 5.91 Å². The summed E-state index contributed by atoms with van der Waals surface area (Å²) < 4.78 is 16.5. The van der Waals surface area contributed by atoms with Crippen LogP contribution in [0, 0.1) is 5.92 Å². The highest BCUT2D eigenvalue weighted by Crippen LogP contribution is 2.25. The molecule has 21 heavy (non-hydrogen) atoms. The third-order valence-electron chi connectivity index (χ3n) is 4.87. The van der Waals surface area contributed by atoms with Gasteiger partial charge in [-0.25, -0.2) is 0 Å². The molecule has 0 saturated carbocycles. The first-order valence-electron chi connectivity index (χ1n) is 8.00. The highest BCUT2D eigenvalue weighted by atomic mass is 16.5. The van der Waals surface area contributed by atoms with E-state index in [4.69, 9.17) is 14.2 Å². The van der Waals surface area contributed by atoms with Crippen LogP contribution in [-0.2, 0) is 19.0 Å². The molecule has 0 aromatic rings. The highest BCUT2D eigenvalue weighted by Gasteiger charge is 2.39. The van der Waals surface area contributed by atoms with Crippen LogP contribution in [0.25, 0.3) is 0 Å². The molecule has 3 atom stereocenters. The zero-order chi connectivity index (χ0) is 14.7. The number of methoxy groups -OCH3 is 1. The van der Waals surface area contributed by atoms with Gasteiger partial charge in [-0.1, -0.05) is 0 Å². The first kappa shape index (κ1) is 15.2. The Morgan fingerprint density at radius 2 is 2.19 bits per heavy atom. The Labute approximate surface area is 126 Å². The number of nitrogens with zero attached hydrogens (tertiary/aromatic N) is 2. The van der Waals surface area contributed by atoms with Gasteiger partial charge in [0.15, 0.2) is 0 Å². The molecule has 0 spiro atoms. The van der Waals surface area contributed by atoms with Gasteiger partial charge < -0.3 is 19.1 Å². The molecule has 0 N–H and O–H groups in total. The van der Waals surface area contributed by atoms with Crippen LogP contribution in [0.5, 0.6) is 0 Å². The molecule has 3 aliphatic rings. The fraction of sp³-hybridized carbons (Fsp3) is 0.933. The van der Waals surface area contributed by atoms with Crippen LogP contribution >= 0.6 is 0 Å². The maximum atomic E-state index is 12.6. The molecule has 6 heteroatoms. The molecule has 6 nitrogen and oxygen atoms in total. The first-order chi connectivity index (χ1) is 10.3. The van der Waals surface area contributed by atoms with E-state index in [0.29, 0.717) is 12.6 Å². The molecule has 0 radical (unpaired) electrons. The summed E-state index contributed by atoms with van der Waals surface area (Å²) in [6.45, 7) is 6.27. The second-order valence-corrected chi connectivity index (χ2v) is 6.14. The molecule has 1 amide bonds. The van der Waals surface area contributed by atoms with Crippen molar-refractivity contribution in [1.82, 2.24) is 9.80 Å². The number of fused-ring (bicyclic) bond motifs is 1. The highest BCUT2D eigenvalue weighted by molar-refractivity contribution is 5.79. The molecular formula is C15H26N2O4. The normalized spacial score (nSPS) is 34.0. The summed E-state index contributed by atoms with van der Waals surface area (Å²) in [6, 6.07) is 0.314. The predicted molar refractivity (Wildman–Crippen MR) is 77.1 cm³/mol. The van der Waals surface area contributed by atoms with Gasteiger partial charge in [0.05, 0.1) is 37.9 Å². The Morgan fingerprint density at radius 3 is 2.95 bits per heavy atom. The van der Waals surface area contributed by atoms with Gasteiger partial charge in [0.2, 0.25) is 5.91 Å². The predicted octanol–water partition coefficient (Wildman–Crippen LogP) is -0.0290. The zero-order valence-corrected chi connectivity index (χ0v) is 12.8. The number of amides is 1. The molecular weight excluding hydrogens is 272 g/mol. The molecule has 0 aromatic carbocycles. The van der Waals surface area contributed by atoms with Crippen molar-refractivity contribution < 1.29 is 19.0 Å². The van der Waals surface area contributed by atoms with E-state index in [1.54, 1.807) is 7.11 Å². The van der Waals surface area contributed by atoms with Gasteiger partial charge >= 0.3 is 0 Å². The molecule has 0 aromatic heterocycles. The van der Waals surface area contributed by atoms with E-state index < -0.39 is 0 Å². The summed E-state index contributed by atoms with van der Waals surface area (Å²) in [5.74, 6) is 0.335. The molecule has 0 bridgehead atoms. The van der Waals surface area contributed by atoms with E-state index in [2.05, 4.69) is 4.90 Å². The van der Waals surface area contributed by atoms with Crippen LogP contribution in [0.3, 0.4) is 0 Å². The summed E-state index contributed by atoms with van der Waals surface area (Å²) in [5.41, 5.74) is 0. The number of rotatable bonds is 4. The van der Waals surface area contributed by atoms with Gasteiger partial charge in [-0.3, -0.25) is 9.69 Å². The van der Waals surface area contributed by atoms with Gasteiger partial charge in [0.25, 0.3) is 0 Å². The van der Waals surface area contributed by atoms with Crippen molar-refractivity contribution in [1.29, 1.82) is 0 Å². The van der Waals surface area contributed by atoms with Gasteiger partial charge in [-0.15, -0.1) is 0 Å². The van der Waals surface area contributed by atoms with E-state index in [0.717, 1.165) is 58.8 Å². The number of piperidine rings is 1. The first-order valence-corrected chi connectivity index (χ1v) is 8.00. The summed E-state index contributed by atoms with van der Waals surface area (Å²) in [5, 5.41) is 0. The summed E-state index contributed by atoms with van der Waals surface area (Å²) >= 11 is 0. The van der Waals surface area contributed by atoms with Gasteiger partial charge in [-0.05, 0) is 12.8 Å². The number of likely N-dealkylation sites (tertiary alicyclic amines) is 1. The lowest BCUT2D eigenvalue weighted by molar-refractivity contribution is -0.147. The number of ether oxygens (including phenoxy) is 3. The maximum absolute atomic E-state index is 12.6. The molecule has 3 saturated heterocycles. The summed E-state index contributed by atoms with van der Waals surface area (Å²) in [6.07, 6.45) is 2.07. The third-order valence-corrected chi connectivity index (χ3v) is 4.87. The minimum absolute atomic E-state index is 0.0680. The molecule has 3 heterocycles. The smallest absolute Gasteiger partial charge is 0.228 e. The number of carbonyl (C=O) groups is 1. The van der Waals surface area contributed by atoms with Gasteiger partial charge in [-0.2, -0.15) is 0 Å².